The number of nitrogens with one attached hydrogen (secondary N) is 1. The molecule has 17 heavy (non-hydrogen) atoms. The quantitative estimate of drug-likeness (QED) is 0.757. The van der Waals surface area contributed by atoms with E-state index < -0.39 is 0 Å². The molecule has 1 heterocycles. The number of hydrogen-bond donors (Lipinski definition) is 1. The molecule has 0 aromatic carbocycles. The van der Waals surface area contributed by atoms with Crippen LogP contribution in [-0.4, -0.2) is 29.4 Å². The second-order valence-corrected chi connectivity index (χ2v) is 5.76. The lowest BCUT2D eigenvalue weighted by atomic mass is 9.66. The number of rotatable bonds is 1. The molecule has 4 nitrogen and oxygen atoms in total. The summed E-state index contributed by atoms with van der Waals surface area (Å²) in [5, 5.41) is 2.92. The predicted molar refractivity (Wildman–Crippen MR) is 63.4 cm³/mol. The lowest BCUT2D eigenvalue weighted by Crippen LogP contribution is -2.65. The van der Waals surface area contributed by atoms with Crippen LogP contribution >= 0.6 is 0 Å². The van der Waals surface area contributed by atoms with E-state index in [1.807, 2.05) is 0 Å². The van der Waals surface area contributed by atoms with Crippen molar-refractivity contribution in [3.63, 3.8) is 0 Å². The number of hydrogen-bond acceptors (Lipinski definition) is 2. The van der Waals surface area contributed by atoms with Gasteiger partial charge in [-0.25, -0.2) is 4.79 Å². The third kappa shape index (κ3) is 1.65. The fourth-order valence-corrected chi connectivity index (χ4v) is 3.42. The van der Waals surface area contributed by atoms with Gasteiger partial charge in [-0.3, -0.25) is 9.69 Å². The van der Waals surface area contributed by atoms with E-state index in [4.69, 9.17) is 0 Å². The van der Waals surface area contributed by atoms with Crippen molar-refractivity contribution in [2.24, 2.45) is 5.41 Å². The minimum atomic E-state index is -0.231. The van der Waals surface area contributed by atoms with Crippen LogP contribution in [0.4, 0.5) is 4.79 Å². The lowest BCUT2D eigenvalue weighted by Gasteiger charge is -2.49. The van der Waals surface area contributed by atoms with Crippen LogP contribution < -0.4 is 5.32 Å². The van der Waals surface area contributed by atoms with Crippen LogP contribution in [0.1, 0.15) is 51.4 Å². The van der Waals surface area contributed by atoms with Gasteiger partial charge in [-0.05, 0) is 25.7 Å². The average Bonchev–Trinajstić information content (AvgIpc) is 2.29. The molecular formula is C13H20N2O2. The Labute approximate surface area is 102 Å². The summed E-state index contributed by atoms with van der Waals surface area (Å²) in [6.07, 6.45) is 8.56. The van der Waals surface area contributed by atoms with Crippen LogP contribution in [-0.2, 0) is 4.79 Å². The maximum atomic E-state index is 12.5. The summed E-state index contributed by atoms with van der Waals surface area (Å²) in [6.45, 7) is 0.563. The Balaban J connectivity index is 1.80. The highest BCUT2D eigenvalue weighted by Gasteiger charge is 2.52. The molecule has 2 saturated carbocycles. The highest BCUT2D eigenvalue weighted by atomic mass is 16.2. The Morgan fingerprint density at radius 3 is 2.35 bits per heavy atom. The van der Waals surface area contributed by atoms with Gasteiger partial charge in [0.25, 0.3) is 0 Å². The van der Waals surface area contributed by atoms with E-state index in [1.165, 1.54) is 6.42 Å². The van der Waals surface area contributed by atoms with Gasteiger partial charge in [-0.1, -0.05) is 25.7 Å². The van der Waals surface area contributed by atoms with Crippen LogP contribution in [0.25, 0.3) is 0 Å². The van der Waals surface area contributed by atoms with E-state index in [1.54, 1.807) is 4.90 Å². The van der Waals surface area contributed by atoms with Crippen LogP contribution in [0.2, 0.25) is 0 Å². The number of nitrogens with zero attached hydrogens (tertiary/aromatic N) is 1. The van der Waals surface area contributed by atoms with Crippen molar-refractivity contribution in [3.05, 3.63) is 0 Å². The molecule has 3 fully saturated rings. The summed E-state index contributed by atoms with van der Waals surface area (Å²) in [6, 6.07) is 0.00782. The van der Waals surface area contributed by atoms with Crippen molar-refractivity contribution in [1.29, 1.82) is 0 Å². The molecule has 1 aliphatic heterocycles. The molecule has 0 aromatic rings. The number of amides is 3. The molecule has 3 aliphatic rings. The van der Waals surface area contributed by atoms with E-state index in [0.717, 1.165) is 44.9 Å². The van der Waals surface area contributed by atoms with Gasteiger partial charge in [-0.15, -0.1) is 0 Å². The van der Waals surface area contributed by atoms with Crippen molar-refractivity contribution < 1.29 is 9.59 Å². The standard InChI is InChI=1S/C13H20N2O2/c16-11-13(7-4-8-13)9-14-12(17)15(11)10-5-2-1-3-6-10/h10H,1-9H2,(H,14,17). The molecule has 3 amide bonds. The molecule has 4 heteroatoms. The van der Waals surface area contributed by atoms with E-state index >= 15 is 0 Å². The van der Waals surface area contributed by atoms with Crippen molar-refractivity contribution in [2.45, 2.75) is 57.4 Å². The molecule has 0 unspecified atom stereocenters. The minimum absolute atomic E-state index is 0.111. The van der Waals surface area contributed by atoms with E-state index in [-0.39, 0.29) is 23.4 Å². The fourth-order valence-electron chi connectivity index (χ4n) is 3.42. The van der Waals surface area contributed by atoms with Crippen molar-refractivity contribution >= 4 is 11.9 Å². The topological polar surface area (TPSA) is 49.4 Å². The van der Waals surface area contributed by atoms with Gasteiger partial charge in [0, 0.05) is 12.6 Å². The number of urea groups is 1. The monoisotopic (exact) mass is 236 g/mol. The van der Waals surface area contributed by atoms with Gasteiger partial charge >= 0.3 is 6.03 Å². The number of carbonyl (C=O) groups excluding carboxylic acids is 2. The molecule has 1 N–H and O–H groups in total. The van der Waals surface area contributed by atoms with Gasteiger partial charge < -0.3 is 5.32 Å². The van der Waals surface area contributed by atoms with Crippen molar-refractivity contribution in [2.75, 3.05) is 6.54 Å². The average molecular weight is 236 g/mol. The first-order valence-corrected chi connectivity index (χ1v) is 6.84. The third-order valence-corrected chi connectivity index (χ3v) is 4.72. The van der Waals surface area contributed by atoms with Gasteiger partial charge in [0.2, 0.25) is 5.91 Å². The normalized spacial score (nSPS) is 29.1. The predicted octanol–water partition coefficient (Wildman–Crippen LogP) is 2.04. The Kier molecular flexibility index (Phi) is 2.60. The summed E-state index contributed by atoms with van der Waals surface area (Å²) < 4.78 is 0. The highest BCUT2D eigenvalue weighted by molar-refractivity contribution is 6.00. The van der Waals surface area contributed by atoms with Crippen LogP contribution in [0, 0.1) is 5.41 Å². The van der Waals surface area contributed by atoms with Crippen LogP contribution in [0.3, 0.4) is 0 Å². The molecule has 1 spiro atoms. The van der Waals surface area contributed by atoms with E-state index in [9.17, 15) is 9.59 Å². The smallest absolute Gasteiger partial charge is 0.324 e. The van der Waals surface area contributed by atoms with Gasteiger partial charge in [0.05, 0.1) is 5.41 Å². The van der Waals surface area contributed by atoms with Gasteiger partial charge in [-0.2, -0.15) is 0 Å². The summed E-state index contributed by atoms with van der Waals surface area (Å²) in [5.41, 5.74) is -0.231. The first-order chi connectivity index (χ1) is 8.23. The Hall–Kier alpha value is -1.06. The summed E-state index contributed by atoms with van der Waals surface area (Å²) in [7, 11) is 0. The maximum absolute atomic E-state index is 12.5. The van der Waals surface area contributed by atoms with Gasteiger partial charge in [0.1, 0.15) is 0 Å². The highest BCUT2D eigenvalue weighted by Crippen LogP contribution is 2.44. The zero-order valence-corrected chi connectivity index (χ0v) is 10.2. The molecule has 3 rings (SSSR count). The zero-order chi connectivity index (χ0) is 11.9. The second-order valence-electron chi connectivity index (χ2n) is 5.76. The zero-order valence-electron chi connectivity index (χ0n) is 10.2. The second kappa shape index (κ2) is 4.00. The molecule has 0 radical (unpaired) electrons. The Morgan fingerprint density at radius 2 is 1.76 bits per heavy atom. The van der Waals surface area contributed by atoms with Crippen molar-refractivity contribution in [3.8, 4) is 0 Å². The third-order valence-electron chi connectivity index (χ3n) is 4.72. The summed E-state index contributed by atoms with van der Waals surface area (Å²) in [4.78, 5) is 26.0. The van der Waals surface area contributed by atoms with E-state index in [0.29, 0.717) is 6.54 Å². The largest absolute Gasteiger partial charge is 0.337 e. The first kappa shape index (κ1) is 11.1. The van der Waals surface area contributed by atoms with Gasteiger partial charge in [0.15, 0.2) is 0 Å². The summed E-state index contributed by atoms with van der Waals surface area (Å²) in [5.74, 6) is 0.111. The Morgan fingerprint density at radius 1 is 1.06 bits per heavy atom. The molecular weight excluding hydrogens is 216 g/mol. The van der Waals surface area contributed by atoms with E-state index in [2.05, 4.69) is 5.32 Å². The molecule has 94 valence electrons. The SMILES string of the molecule is O=C1NCC2(CCC2)C(=O)N1C1CCCCC1. The molecule has 2 aliphatic carbocycles. The summed E-state index contributed by atoms with van der Waals surface area (Å²) >= 11 is 0. The molecule has 0 aromatic heterocycles. The molecule has 0 bridgehead atoms. The number of carbonyl (C=O) groups is 2. The molecule has 0 atom stereocenters. The maximum Gasteiger partial charge on any atom is 0.324 e. The first-order valence-electron chi connectivity index (χ1n) is 6.84. The van der Waals surface area contributed by atoms with Crippen LogP contribution in [0.5, 0.6) is 0 Å². The van der Waals surface area contributed by atoms with Crippen molar-refractivity contribution in [1.82, 2.24) is 10.2 Å². The minimum Gasteiger partial charge on any atom is -0.337 e. The Bertz CT molecular complexity index is 343. The molecule has 1 saturated heterocycles. The lowest BCUT2D eigenvalue weighted by molar-refractivity contribution is -0.148. The number of imide groups is 1. The fraction of sp³-hybridized carbons (Fsp3) is 0.846. The van der Waals surface area contributed by atoms with Crippen LogP contribution in [0.15, 0.2) is 0 Å².